The van der Waals surface area contributed by atoms with E-state index in [2.05, 4.69) is 24.3 Å². The van der Waals surface area contributed by atoms with Gasteiger partial charge >= 0.3 is 0 Å². The molecule has 3 N–H and O–H groups in total. The molecule has 0 fully saturated rings. The van der Waals surface area contributed by atoms with Gasteiger partial charge in [-0.05, 0) is 12.0 Å². The van der Waals surface area contributed by atoms with E-state index in [-0.39, 0.29) is 31.0 Å². The lowest BCUT2D eigenvalue weighted by Crippen LogP contribution is -2.14. The molecule has 1 aromatic carbocycles. The maximum Gasteiger partial charge on any atom is 0.276 e. The molecule has 7 nitrogen and oxygen atoms in total. The van der Waals surface area contributed by atoms with Gasteiger partial charge in [0.15, 0.2) is 17.2 Å². The zero-order valence-electron chi connectivity index (χ0n) is 13.1. The van der Waals surface area contributed by atoms with Gasteiger partial charge in [0.1, 0.15) is 0 Å². The van der Waals surface area contributed by atoms with Gasteiger partial charge in [0.2, 0.25) is 6.79 Å². The van der Waals surface area contributed by atoms with Crippen LogP contribution in [0, 0.1) is 0 Å². The van der Waals surface area contributed by atoms with Crippen LogP contribution in [0.5, 0.6) is 11.5 Å². The van der Waals surface area contributed by atoms with Crippen LogP contribution in [0.15, 0.2) is 18.2 Å². The number of hydrogen-bond donors (Lipinski definition) is 2. The minimum Gasteiger partial charge on any atom is -0.454 e. The summed E-state index contributed by atoms with van der Waals surface area (Å²) in [6.07, 6.45) is 0. The molecule has 0 aliphatic carbocycles. The van der Waals surface area contributed by atoms with Crippen LogP contribution in [0.3, 0.4) is 0 Å². The third-order valence-corrected chi connectivity index (χ3v) is 3.53. The second kappa shape index (κ2) is 6.37. The summed E-state index contributed by atoms with van der Waals surface area (Å²) in [5.41, 5.74) is 8.16. The van der Waals surface area contributed by atoms with Gasteiger partial charge < -0.3 is 20.5 Å². The Balaban J connectivity index is 0.00000192. The Hall–Kier alpha value is -2.41. The zero-order chi connectivity index (χ0) is 15.9. The van der Waals surface area contributed by atoms with Crippen LogP contribution in [-0.2, 0) is 7.05 Å². The molecular formula is C15H19ClN4O3. The molecule has 124 valence electrons. The topological polar surface area (TPSA) is 91.4 Å². The highest BCUT2D eigenvalue weighted by atomic mass is 35.5. The van der Waals surface area contributed by atoms with Crippen molar-refractivity contribution in [2.45, 2.75) is 19.8 Å². The predicted molar refractivity (Wildman–Crippen MR) is 89.5 cm³/mol. The number of benzene rings is 1. The summed E-state index contributed by atoms with van der Waals surface area (Å²) in [5.74, 6) is 1.12. The van der Waals surface area contributed by atoms with Gasteiger partial charge in [-0.3, -0.25) is 9.48 Å². The number of halogens is 1. The van der Waals surface area contributed by atoms with E-state index in [1.54, 1.807) is 22.9 Å². The van der Waals surface area contributed by atoms with Crippen molar-refractivity contribution >= 4 is 29.7 Å². The Kier molecular flexibility index (Phi) is 4.70. The molecule has 0 unspecified atom stereocenters. The average Bonchev–Trinajstić information content (AvgIpc) is 3.05. The number of carbonyl (C=O) groups is 1. The largest absolute Gasteiger partial charge is 0.454 e. The number of aryl methyl sites for hydroxylation is 1. The van der Waals surface area contributed by atoms with Crippen LogP contribution >= 0.6 is 12.4 Å². The summed E-state index contributed by atoms with van der Waals surface area (Å²) in [4.78, 5) is 12.3. The normalized spacial score (nSPS) is 12.2. The van der Waals surface area contributed by atoms with E-state index in [0.29, 0.717) is 28.6 Å². The van der Waals surface area contributed by atoms with Crippen molar-refractivity contribution < 1.29 is 14.3 Å². The number of rotatable bonds is 3. The quantitative estimate of drug-likeness (QED) is 0.839. The van der Waals surface area contributed by atoms with Gasteiger partial charge in [-0.1, -0.05) is 13.8 Å². The number of hydrogen-bond acceptors (Lipinski definition) is 5. The van der Waals surface area contributed by atoms with E-state index in [4.69, 9.17) is 15.2 Å². The molecule has 1 aliphatic heterocycles. The minimum atomic E-state index is -0.312. The Morgan fingerprint density at radius 1 is 1.30 bits per heavy atom. The number of nitrogens with two attached hydrogens (primary N) is 1. The monoisotopic (exact) mass is 338 g/mol. The first kappa shape index (κ1) is 17.0. The van der Waals surface area contributed by atoms with Crippen molar-refractivity contribution in [1.82, 2.24) is 9.78 Å². The number of ether oxygens (including phenoxy) is 2. The number of nitrogen functional groups attached to an aromatic ring is 1. The standard InChI is InChI=1S/C15H18N4O3.ClH/c1-8(2)12-5-11(18-19(12)3)15(20)17-10-6-14-13(4-9(10)16)21-7-22-14;/h4-6,8H,7,16H2,1-3H3,(H,17,20);1H. The first-order chi connectivity index (χ1) is 10.5. The molecule has 0 bridgehead atoms. The number of fused-ring (bicyclic) bond motifs is 1. The number of nitrogens with one attached hydrogen (secondary N) is 1. The lowest BCUT2D eigenvalue weighted by Gasteiger charge is -2.08. The molecule has 0 atom stereocenters. The van der Waals surface area contributed by atoms with Crippen LogP contribution in [0.4, 0.5) is 11.4 Å². The fourth-order valence-corrected chi connectivity index (χ4v) is 2.39. The van der Waals surface area contributed by atoms with E-state index in [9.17, 15) is 4.79 Å². The molecule has 0 saturated heterocycles. The summed E-state index contributed by atoms with van der Waals surface area (Å²) >= 11 is 0. The highest BCUT2D eigenvalue weighted by Crippen LogP contribution is 2.38. The summed E-state index contributed by atoms with van der Waals surface area (Å²) < 4.78 is 12.2. The van der Waals surface area contributed by atoms with Crippen LogP contribution in [0.1, 0.15) is 35.9 Å². The smallest absolute Gasteiger partial charge is 0.276 e. The molecular weight excluding hydrogens is 320 g/mol. The Morgan fingerprint density at radius 2 is 1.96 bits per heavy atom. The molecule has 23 heavy (non-hydrogen) atoms. The lowest BCUT2D eigenvalue weighted by atomic mass is 10.1. The van der Waals surface area contributed by atoms with Crippen molar-refractivity contribution in [1.29, 1.82) is 0 Å². The van der Waals surface area contributed by atoms with E-state index in [1.165, 1.54) is 0 Å². The van der Waals surface area contributed by atoms with Crippen molar-refractivity contribution in [3.05, 3.63) is 29.6 Å². The highest BCUT2D eigenvalue weighted by Gasteiger charge is 2.19. The van der Waals surface area contributed by atoms with Crippen LogP contribution in [0.25, 0.3) is 0 Å². The van der Waals surface area contributed by atoms with E-state index in [0.717, 1.165) is 5.69 Å². The van der Waals surface area contributed by atoms with Gasteiger partial charge in [-0.2, -0.15) is 5.10 Å². The van der Waals surface area contributed by atoms with E-state index in [1.807, 2.05) is 7.05 Å². The molecule has 2 aromatic rings. The van der Waals surface area contributed by atoms with Gasteiger partial charge in [0, 0.05) is 24.9 Å². The molecule has 0 radical (unpaired) electrons. The number of aromatic nitrogens is 2. The summed E-state index contributed by atoms with van der Waals surface area (Å²) in [7, 11) is 1.82. The second-order valence-corrected chi connectivity index (χ2v) is 5.48. The SMILES string of the molecule is CC(C)c1cc(C(=O)Nc2cc3c(cc2N)OCO3)nn1C.Cl. The maximum atomic E-state index is 12.3. The van der Waals surface area contributed by atoms with Gasteiger partial charge in [-0.25, -0.2) is 0 Å². The summed E-state index contributed by atoms with van der Waals surface area (Å²) in [6.45, 7) is 4.26. The molecule has 1 aliphatic rings. The van der Waals surface area contributed by atoms with Gasteiger partial charge in [0.25, 0.3) is 5.91 Å². The number of carbonyl (C=O) groups excluding carboxylic acids is 1. The van der Waals surface area contributed by atoms with Crippen LogP contribution in [-0.4, -0.2) is 22.5 Å². The van der Waals surface area contributed by atoms with Crippen molar-refractivity contribution in [3.63, 3.8) is 0 Å². The van der Waals surface area contributed by atoms with Crippen molar-refractivity contribution in [2.24, 2.45) is 7.05 Å². The first-order valence-corrected chi connectivity index (χ1v) is 7.00. The average molecular weight is 339 g/mol. The maximum absolute atomic E-state index is 12.3. The third kappa shape index (κ3) is 3.19. The van der Waals surface area contributed by atoms with Gasteiger partial charge in [-0.15, -0.1) is 12.4 Å². The Labute approximate surface area is 140 Å². The zero-order valence-corrected chi connectivity index (χ0v) is 13.9. The fraction of sp³-hybridized carbons (Fsp3) is 0.333. The van der Waals surface area contributed by atoms with Gasteiger partial charge in [0.05, 0.1) is 11.4 Å². The highest BCUT2D eigenvalue weighted by molar-refractivity contribution is 6.04. The number of anilines is 2. The molecule has 8 heteroatoms. The fourth-order valence-electron chi connectivity index (χ4n) is 2.39. The Bertz CT molecular complexity index is 743. The van der Waals surface area contributed by atoms with Crippen molar-refractivity contribution in [3.8, 4) is 11.5 Å². The second-order valence-electron chi connectivity index (χ2n) is 5.48. The minimum absolute atomic E-state index is 0. The molecule has 3 rings (SSSR count). The molecule has 1 amide bonds. The lowest BCUT2D eigenvalue weighted by molar-refractivity contribution is 0.102. The Morgan fingerprint density at radius 3 is 2.57 bits per heavy atom. The predicted octanol–water partition coefficient (Wildman–Crippen LogP) is 2.53. The number of amides is 1. The first-order valence-electron chi connectivity index (χ1n) is 7.00. The van der Waals surface area contributed by atoms with E-state index >= 15 is 0 Å². The molecule has 2 heterocycles. The summed E-state index contributed by atoms with van der Waals surface area (Å²) in [6, 6.07) is 5.07. The van der Waals surface area contributed by atoms with Crippen LogP contribution in [0.2, 0.25) is 0 Å². The molecule has 1 aromatic heterocycles. The van der Waals surface area contributed by atoms with Crippen LogP contribution < -0.4 is 20.5 Å². The molecule has 0 spiro atoms. The third-order valence-electron chi connectivity index (χ3n) is 3.53. The molecule has 0 saturated carbocycles. The van der Waals surface area contributed by atoms with Crippen molar-refractivity contribution in [2.75, 3.05) is 17.8 Å². The summed E-state index contributed by atoms with van der Waals surface area (Å²) in [5, 5.41) is 7.00. The van der Waals surface area contributed by atoms with E-state index < -0.39 is 0 Å². The number of nitrogens with zero attached hydrogens (tertiary/aromatic N) is 2.